The van der Waals surface area contributed by atoms with Crippen LogP contribution in [0.15, 0.2) is 0 Å². The summed E-state index contributed by atoms with van der Waals surface area (Å²) in [4.78, 5) is 0. The fourth-order valence-electron chi connectivity index (χ4n) is 0.312. The lowest BCUT2D eigenvalue weighted by Gasteiger charge is -2.16. The predicted molar refractivity (Wildman–Crippen MR) is 36.5 cm³/mol. The van der Waals surface area contributed by atoms with Gasteiger partial charge in [0.2, 0.25) is 0 Å². The van der Waals surface area contributed by atoms with Crippen LogP contribution in [0, 0.1) is 23.7 Å². The molecule has 2 nitrogen and oxygen atoms in total. The van der Waals surface area contributed by atoms with Crippen LogP contribution in [-0.4, -0.2) is 12.1 Å². The van der Waals surface area contributed by atoms with Gasteiger partial charge in [-0.15, -0.1) is 6.42 Å². The van der Waals surface area contributed by atoms with Crippen LogP contribution in [0.2, 0.25) is 0 Å². The van der Waals surface area contributed by atoms with Crippen LogP contribution in [0.1, 0.15) is 13.8 Å². The van der Waals surface area contributed by atoms with E-state index < -0.39 is 0 Å². The fourth-order valence-corrected chi connectivity index (χ4v) is 0.312. The van der Waals surface area contributed by atoms with Crippen LogP contribution in [-0.2, 0) is 0 Å². The molecule has 0 aromatic carbocycles. The molecule has 2 heteroatoms. The zero-order valence-electron chi connectivity index (χ0n) is 5.73. The third-order valence-corrected chi connectivity index (χ3v) is 0.970. The Kier molecular flexibility index (Phi) is 2.78. The summed E-state index contributed by atoms with van der Waals surface area (Å²) in [6.07, 6.45) is 5.13. The van der Waals surface area contributed by atoms with Gasteiger partial charge in [0.1, 0.15) is 0 Å². The Morgan fingerprint density at radius 2 is 2.22 bits per heavy atom. The smallest absolute Gasteiger partial charge is 0.0852 e. The summed E-state index contributed by atoms with van der Waals surface area (Å²) in [6, 6.07) is 1.95. The van der Waals surface area contributed by atoms with Crippen molar-refractivity contribution in [1.29, 1.82) is 5.26 Å². The topological polar surface area (TPSA) is 35.8 Å². The number of hydrogen-bond donors (Lipinski definition) is 1. The van der Waals surface area contributed by atoms with E-state index in [1.54, 1.807) is 0 Å². The summed E-state index contributed by atoms with van der Waals surface area (Å²) in [7, 11) is 0. The zero-order valence-corrected chi connectivity index (χ0v) is 5.73. The summed E-state index contributed by atoms with van der Waals surface area (Å²) in [5.41, 5.74) is -0.351. The maximum atomic E-state index is 8.14. The molecule has 0 aliphatic rings. The lowest BCUT2D eigenvalue weighted by molar-refractivity contribution is 0.525. The molecule has 1 N–H and O–H groups in total. The highest BCUT2D eigenvalue weighted by molar-refractivity contribution is 5.08. The molecule has 48 valence electrons. The van der Waals surface area contributed by atoms with Gasteiger partial charge in [-0.3, -0.25) is 5.32 Å². The lowest BCUT2D eigenvalue weighted by Crippen LogP contribution is -2.37. The number of nitriles is 1. The van der Waals surface area contributed by atoms with Gasteiger partial charge < -0.3 is 0 Å². The van der Waals surface area contributed by atoms with Gasteiger partial charge in [0.15, 0.2) is 0 Å². The molecule has 0 unspecified atom stereocenters. The van der Waals surface area contributed by atoms with Gasteiger partial charge in [0.05, 0.1) is 18.2 Å². The van der Waals surface area contributed by atoms with E-state index in [9.17, 15) is 0 Å². The number of nitrogens with one attached hydrogen (secondary N) is 1. The van der Waals surface area contributed by atoms with Gasteiger partial charge in [-0.1, -0.05) is 5.92 Å². The minimum Gasteiger partial charge on any atom is -0.289 e. The standard InChI is InChI=1S/C7H10N2/c1-4-7(2,3)9-6-5-8/h1,9H,6H2,2-3H3. The van der Waals surface area contributed by atoms with Crippen LogP contribution in [0.5, 0.6) is 0 Å². The molecule has 0 radical (unpaired) electrons. The number of hydrogen-bond acceptors (Lipinski definition) is 2. The first-order chi connectivity index (χ1) is 4.12. The minimum atomic E-state index is -0.351. The van der Waals surface area contributed by atoms with Crippen LogP contribution in [0.4, 0.5) is 0 Å². The van der Waals surface area contributed by atoms with Crippen molar-refractivity contribution in [3.8, 4) is 18.4 Å². The van der Waals surface area contributed by atoms with Crippen LogP contribution < -0.4 is 5.32 Å². The highest BCUT2D eigenvalue weighted by atomic mass is 14.9. The monoisotopic (exact) mass is 122 g/mol. The Labute approximate surface area is 55.9 Å². The number of nitrogens with zero attached hydrogens (tertiary/aromatic N) is 1. The Balaban J connectivity index is 3.65. The Morgan fingerprint density at radius 3 is 2.56 bits per heavy atom. The molecule has 9 heavy (non-hydrogen) atoms. The summed E-state index contributed by atoms with van der Waals surface area (Å²) < 4.78 is 0. The second-order valence-corrected chi connectivity index (χ2v) is 2.28. The molecule has 0 aliphatic heterocycles. The molecule has 0 fully saturated rings. The lowest BCUT2D eigenvalue weighted by atomic mass is 10.1. The van der Waals surface area contributed by atoms with Crippen molar-refractivity contribution in [3.63, 3.8) is 0 Å². The van der Waals surface area contributed by atoms with E-state index in [4.69, 9.17) is 11.7 Å². The second kappa shape index (κ2) is 3.12. The van der Waals surface area contributed by atoms with Crippen molar-refractivity contribution in [2.45, 2.75) is 19.4 Å². The maximum absolute atomic E-state index is 8.14. The molecular formula is C7H10N2. The zero-order chi connectivity index (χ0) is 7.33. The summed E-state index contributed by atoms with van der Waals surface area (Å²) in [5, 5.41) is 11.0. The summed E-state index contributed by atoms with van der Waals surface area (Å²) in [6.45, 7) is 4.01. The van der Waals surface area contributed by atoms with E-state index in [0.29, 0.717) is 6.54 Å². The second-order valence-electron chi connectivity index (χ2n) is 2.28. The molecule has 0 heterocycles. The number of rotatable bonds is 2. The molecule has 0 amide bonds. The molecular weight excluding hydrogens is 112 g/mol. The molecule has 0 aromatic rings. The van der Waals surface area contributed by atoms with Crippen LogP contribution >= 0.6 is 0 Å². The average molecular weight is 122 g/mol. The van der Waals surface area contributed by atoms with E-state index in [-0.39, 0.29) is 5.54 Å². The fraction of sp³-hybridized carbons (Fsp3) is 0.571. The van der Waals surface area contributed by atoms with Gasteiger partial charge in [-0.2, -0.15) is 5.26 Å². The molecule has 0 atom stereocenters. The van der Waals surface area contributed by atoms with Gasteiger partial charge >= 0.3 is 0 Å². The molecule has 0 rings (SSSR count). The van der Waals surface area contributed by atoms with Crippen molar-refractivity contribution < 1.29 is 0 Å². The third-order valence-electron chi connectivity index (χ3n) is 0.970. The quantitative estimate of drug-likeness (QED) is 0.428. The van der Waals surface area contributed by atoms with Gasteiger partial charge in [-0.25, -0.2) is 0 Å². The third kappa shape index (κ3) is 3.58. The Bertz CT molecular complexity index is 157. The summed E-state index contributed by atoms with van der Waals surface area (Å²) >= 11 is 0. The van der Waals surface area contributed by atoms with Crippen molar-refractivity contribution in [2.24, 2.45) is 0 Å². The maximum Gasteiger partial charge on any atom is 0.0852 e. The van der Waals surface area contributed by atoms with Gasteiger partial charge in [-0.05, 0) is 13.8 Å². The molecule has 0 aliphatic carbocycles. The molecule has 0 saturated carbocycles. The van der Waals surface area contributed by atoms with E-state index >= 15 is 0 Å². The highest BCUT2D eigenvalue weighted by Gasteiger charge is 2.10. The van der Waals surface area contributed by atoms with E-state index in [2.05, 4.69) is 11.2 Å². The van der Waals surface area contributed by atoms with Gasteiger partial charge in [0.25, 0.3) is 0 Å². The highest BCUT2D eigenvalue weighted by Crippen LogP contribution is 1.96. The first-order valence-corrected chi connectivity index (χ1v) is 2.72. The molecule has 0 spiro atoms. The largest absolute Gasteiger partial charge is 0.289 e. The normalized spacial score (nSPS) is 9.78. The van der Waals surface area contributed by atoms with Crippen LogP contribution in [0.25, 0.3) is 0 Å². The Hall–Kier alpha value is -0.990. The van der Waals surface area contributed by atoms with E-state index in [0.717, 1.165) is 0 Å². The minimum absolute atomic E-state index is 0.303. The van der Waals surface area contributed by atoms with E-state index in [1.165, 1.54) is 0 Å². The van der Waals surface area contributed by atoms with Crippen molar-refractivity contribution in [2.75, 3.05) is 6.54 Å². The number of terminal acetylenes is 1. The van der Waals surface area contributed by atoms with E-state index in [1.807, 2.05) is 19.9 Å². The van der Waals surface area contributed by atoms with Gasteiger partial charge in [0, 0.05) is 0 Å². The average Bonchev–Trinajstić information content (AvgIpc) is 1.84. The van der Waals surface area contributed by atoms with Crippen LogP contribution in [0.3, 0.4) is 0 Å². The molecule has 0 saturated heterocycles. The Morgan fingerprint density at radius 1 is 1.67 bits per heavy atom. The first kappa shape index (κ1) is 8.01. The SMILES string of the molecule is C#CC(C)(C)NCC#N. The predicted octanol–water partition coefficient (Wildman–Crippen LogP) is 0.511. The molecule has 0 bridgehead atoms. The summed E-state index contributed by atoms with van der Waals surface area (Å²) in [5.74, 6) is 2.51. The van der Waals surface area contributed by atoms with Crippen molar-refractivity contribution in [1.82, 2.24) is 5.32 Å². The first-order valence-electron chi connectivity index (χ1n) is 2.72. The van der Waals surface area contributed by atoms with Crippen molar-refractivity contribution >= 4 is 0 Å². The van der Waals surface area contributed by atoms with Crippen molar-refractivity contribution in [3.05, 3.63) is 0 Å². The molecule has 0 aromatic heterocycles.